The summed E-state index contributed by atoms with van der Waals surface area (Å²) in [6.07, 6.45) is 2.79. The van der Waals surface area contributed by atoms with Gasteiger partial charge in [0, 0.05) is 57.1 Å². The second-order valence-electron chi connectivity index (χ2n) is 7.09. The number of hydrogen-bond donors (Lipinski definition) is 1. The summed E-state index contributed by atoms with van der Waals surface area (Å²) < 4.78 is 30.2. The minimum atomic E-state index is -3.21. The molecule has 0 saturated carbocycles. The Labute approximate surface area is 161 Å². The highest BCUT2D eigenvalue weighted by Crippen LogP contribution is 2.22. The molecule has 0 aliphatic carbocycles. The predicted molar refractivity (Wildman–Crippen MR) is 105 cm³/mol. The fraction of sp³-hybridized carbons (Fsp3) is 0.611. The van der Waals surface area contributed by atoms with Crippen molar-refractivity contribution < 1.29 is 17.9 Å². The fourth-order valence-corrected chi connectivity index (χ4v) is 4.51. The van der Waals surface area contributed by atoms with Crippen molar-refractivity contribution in [2.45, 2.75) is 18.9 Å². The minimum absolute atomic E-state index is 0.111. The number of anilines is 1. The summed E-state index contributed by atoms with van der Waals surface area (Å²) in [6.45, 7) is 3.65. The van der Waals surface area contributed by atoms with E-state index in [4.69, 9.17) is 4.74 Å². The van der Waals surface area contributed by atoms with Crippen molar-refractivity contribution in [3.8, 4) is 5.75 Å². The first-order valence-electron chi connectivity index (χ1n) is 9.26. The molecule has 1 unspecified atom stereocenters. The summed E-state index contributed by atoms with van der Waals surface area (Å²) in [5.41, 5.74) is 1.09. The highest BCUT2D eigenvalue weighted by Gasteiger charge is 2.29. The molecule has 0 spiro atoms. The van der Waals surface area contributed by atoms with E-state index in [1.165, 1.54) is 10.6 Å². The summed E-state index contributed by atoms with van der Waals surface area (Å²) in [7, 11) is -1.56. The molecule has 27 heavy (non-hydrogen) atoms. The first-order valence-corrected chi connectivity index (χ1v) is 11.1. The Balaban J connectivity index is 1.51. The molecule has 0 radical (unpaired) electrons. The van der Waals surface area contributed by atoms with Gasteiger partial charge in [-0.15, -0.1) is 0 Å². The zero-order valence-corrected chi connectivity index (χ0v) is 16.7. The zero-order valence-electron chi connectivity index (χ0n) is 15.9. The van der Waals surface area contributed by atoms with Crippen LogP contribution in [0.15, 0.2) is 24.3 Å². The molecule has 2 heterocycles. The number of benzene rings is 1. The molecule has 1 aromatic rings. The maximum absolute atomic E-state index is 12.6. The van der Waals surface area contributed by atoms with Crippen LogP contribution in [0, 0.1) is 0 Å². The Hall–Kier alpha value is -2.00. The molecule has 1 atom stereocenters. The Bertz CT molecular complexity index is 762. The number of nitrogens with zero attached hydrogens (tertiary/aromatic N) is 3. The van der Waals surface area contributed by atoms with E-state index in [1.807, 2.05) is 24.3 Å². The average molecular weight is 397 g/mol. The average Bonchev–Trinajstić information content (AvgIpc) is 2.67. The van der Waals surface area contributed by atoms with Gasteiger partial charge in [0.1, 0.15) is 5.75 Å². The molecule has 150 valence electrons. The van der Waals surface area contributed by atoms with Gasteiger partial charge in [-0.3, -0.25) is 0 Å². The number of ether oxygens (including phenoxy) is 1. The second-order valence-corrected chi connectivity index (χ2v) is 9.07. The summed E-state index contributed by atoms with van der Waals surface area (Å²) in [5, 5.41) is 3.01. The molecule has 2 fully saturated rings. The topological polar surface area (TPSA) is 82.2 Å². The van der Waals surface area contributed by atoms with Crippen LogP contribution in [-0.4, -0.2) is 82.3 Å². The normalized spacial score (nSPS) is 21.8. The van der Waals surface area contributed by atoms with Gasteiger partial charge in [0.05, 0.1) is 13.4 Å². The van der Waals surface area contributed by atoms with Gasteiger partial charge in [0.15, 0.2) is 0 Å². The molecule has 2 aliphatic heterocycles. The molecule has 0 aromatic heterocycles. The van der Waals surface area contributed by atoms with Crippen LogP contribution in [0.5, 0.6) is 5.75 Å². The van der Waals surface area contributed by atoms with Crippen LogP contribution in [-0.2, 0) is 10.0 Å². The molecule has 1 aromatic carbocycles. The number of amides is 2. The number of urea groups is 1. The van der Waals surface area contributed by atoms with E-state index < -0.39 is 10.0 Å². The van der Waals surface area contributed by atoms with Gasteiger partial charge in [-0.2, -0.15) is 0 Å². The predicted octanol–water partition coefficient (Wildman–Crippen LogP) is 0.951. The van der Waals surface area contributed by atoms with Gasteiger partial charge < -0.3 is 19.9 Å². The highest BCUT2D eigenvalue weighted by molar-refractivity contribution is 7.88. The first-order chi connectivity index (χ1) is 12.9. The third-order valence-electron chi connectivity index (χ3n) is 5.17. The van der Waals surface area contributed by atoms with E-state index in [0.717, 1.165) is 37.4 Å². The Morgan fingerprint density at radius 3 is 2.59 bits per heavy atom. The first kappa shape index (κ1) is 19.8. The van der Waals surface area contributed by atoms with Crippen LogP contribution in [0.1, 0.15) is 12.8 Å². The van der Waals surface area contributed by atoms with E-state index in [2.05, 4.69) is 10.2 Å². The van der Waals surface area contributed by atoms with Crippen LogP contribution >= 0.6 is 0 Å². The molecular weight excluding hydrogens is 368 g/mol. The van der Waals surface area contributed by atoms with Gasteiger partial charge >= 0.3 is 6.03 Å². The molecule has 0 bridgehead atoms. The van der Waals surface area contributed by atoms with Crippen molar-refractivity contribution in [2.24, 2.45) is 0 Å². The Kier molecular flexibility index (Phi) is 6.11. The number of rotatable bonds is 4. The van der Waals surface area contributed by atoms with Crippen LogP contribution in [0.3, 0.4) is 0 Å². The van der Waals surface area contributed by atoms with Crippen LogP contribution in [0.2, 0.25) is 0 Å². The number of hydrogen-bond acceptors (Lipinski definition) is 5. The minimum Gasteiger partial charge on any atom is -0.497 e. The summed E-state index contributed by atoms with van der Waals surface area (Å²) in [4.78, 5) is 16.6. The number of nitrogens with one attached hydrogen (secondary N) is 1. The molecule has 3 rings (SSSR count). The van der Waals surface area contributed by atoms with Crippen molar-refractivity contribution >= 4 is 21.7 Å². The molecular formula is C18H28N4O4S. The number of carbonyl (C=O) groups is 1. The maximum Gasteiger partial charge on any atom is 0.317 e. The van der Waals surface area contributed by atoms with E-state index in [9.17, 15) is 13.2 Å². The number of piperidine rings is 1. The molecule has 8 nitrogen and oxygen atoms in total. The maximum atomic E-state index is 12.6. The van der Waals surface area contributed by atoms with Gasteiger partial charge in [-0.05, 0) is 25.0 Å². The van der Waals surface area contributed by atoms with E-state index in [-0.39, 0.29) is 12.1 Å². The van der Waals surface area contributed by atoms with E-state index in [0.29, 0.717) is 26.2 Å². The van der Waals surface area contributed by atoms with Crippen LogP contribution in [0.25, 0.3) is 0 Å². The summed E-state index contributed by atoms with van der Waals surface area (Å²) >= 11 is 0. The SMILES string of the molecule is COc1cccc(N2CCN(C(=O)NC3CCCN(S(C)(=O)=O)C3)CC2)c1. The molecule has 2 saturated heterocycles. The second kappa shape index (κ2) is 8.35. The van der Waals surface area contributed by atoms with Crippen molar-refractivity contribution in [2.75, 3.05) is 57.5 Å². The lowest BCUT2D eigenvalue weighted by Crippen LogP contribution is -2.56. The monoisotopic (exact) mass is 396 g/mol. The number of methoxy groups -OCH3 is 1. The lowest BCUT2D eigenvalue weighted by molar-refractivity contribution is 0.183. The quantitative estimate of drug-likeness (QED) is 0.820. The molecule has 2 aliphatic rings. The van der Waals surface area contributed by atoms with Gasteiger partial charge in [-0.25, -0.2) is 17.5 Å². The standard InChI is InChI=1S/C18H28N4O4S/c1-26-17-7-3-6-16(13-17)20-9-11-21(12-10-20)18(23)19-15-5-4-8-22(14-15)27(2,24)25/h3,6-7,13,15H,4-5,8-12,14H2,1-2H3,(H,19,23). The zero-order chi connectivity index (χ0) is 19.4. The number of piperazine rings is 1. The molecule has 2 amide bonds. The van der Waals surface area contributed by atoms with E-state index in [1.54, 1.807) is 12.0 Å². The largest absolute Gasteiger partial charge is 0.497 e. The van der Waals surface area contributed by atoms with Crippen LogP contribution in [0.4, 0.5) is 10.5 Å². The van der Waals surface area contributed by atoms with Crippen LogP contribution < -0.4 is 15.0 Å². The highest BCUT2D eigenvalue weighted by atomic mass is 32.2. The van der Waals surface area contributed by atoms with Gasteiger partial charge in [0.25, 0.3) is 0 Å². The summed E-state index contributed by atoms with van der Waals surface area (Å²) in [6, 6.07) is 7.68. The van der Waals surface area contributed by atoms with Crippen molar-refractivity contribution in [3.63, 3.8) is 0 Å². The van der Waals surface area contributed by atoms with Crippen molar-refractivity contribution in [1.82, 2.24) is 14.5 Å². The third-order valence-corrected chi connectivity index (χ3v) is 6.44. The van der Waals surface area contributed by atoms with Crippen molar-refractivity contribution in [3.05, 3.63) is 24.3 Å². The molecule has 9 heteroatoms. The van der Waals surface area contributed by atoms with Gasteiger partial charge in [-0.1, -0.05) is 6.07 Å². The third kappa shape index (κ3) is 5.04. The molecule has 1 N–H and O–H groups in total. The number of sulfonamides is 1. The van der Waals surface area contributed by atoms with Crippen molar-refractivity contribution in [1.29, 1.82) is 0 Å². The Morgan fingerprint density at radius 1 is 1.19 bits per heavy atom. The lowest BCUT2D eigenvalue weighted by Gasteiger charge is -2.38. The fourth-order valence-electron chi connectivity index (χ4n) is 3.60. The smallest absolute Gasteiger partial charge is 0.317 e. The lowest BCUT2D eigenvalue weighted by atomic mass is 10.1. The Morgan fingerprint density at radius 2 is 1.93 bits per heavy atom. The summed E-state index contributed by atoms with van der Waals surface area (Å²) in [5.74, 6) is 0.820. The number of carbonyl (C=O) groups excluding carboxylic acids is 1. The van der Waals surface area contributed by atoms with E-state index >= 15 is 0 Å². The van der Waals surface area contributed by atoms with Gasteiger partial charge in [0.2, 0.25) is 10.0 Å².